The zero-order valence-corrected chi connectivity index (χ0v) is 7.54. The first-order valence-corrected chi connectivity index (χ1v) is 4.47. The van der Waals surface area contributed by atoms with Crippen molar-refractivity contribution in [2.24, 2.45) is 0 Å². The van der Waals surface area contributed by atoms with Crippen LogP contribution < -0.4 is 10.6 Å². The van der Waals surface area contributed by atoms with E-state index in [1.54, 1.807) is 0 Å². The van der Waals surface area contributed by atoms with Crippen molar-refractivity contribution in [1.29, 1.82) is 0 Å². The number of unbranched alkanes of at least 4 members (excludes halogenated alkanes) is 1. The molecule has 2 heteroatoms. The summed E-state index contributed by atoms with van der Waals surface area (Å²) in [7, 11) is 0. The van der Waals surface area contributed by atoms with Crippen LogP contribution in [0.5, 0.6) is 0 Å². The van der Waals surface area contributed by atoms with E-state index in [0.717, 1.165) is 19.6 Å². The quantitative estimate of drug-likeness (QED) is 0.596. The predicted molar refractivity (Wildman–Crippen MR) is 48.5 cm³/mol. The Kier molecular flexibility index (Phi) is 3.43. The van der Waals surface area contributed by atoms with E-state index in [0.29, 0.717) is 0 Å². The highest BCUT2D eigenvalue weighted by atomic mass is 15.0. The summed E-state index contributed by atoms with van der Waals surface area (Å²) < 4.78 is 0. The first-order chi connectivity index (χ1) is 5.34. The van der Waals surface area contributed by atoms with Crippen LogP contribution in [0.3, 0.4) is 0 Å². The Hall–Kier alpha value is -0.500. The maximum Gasteiger partial charge on any atom is 0.0356 e. The normalized spacial score (nSPS) is 17.6. The van der Waals surface area contributed by atoms with E-state index < -0.39 is 0 Å². The average molecular weight is 154 g/mol. The van der Waals surface area contributed by atoms with Crippen LogP contribution in [0.4, 0.5) is 0 Å². The molecular formula is C9H18N2. The molecular weight excluding hydrogens is 136 g/mol. The molecule has 0 fully saturated rings. The Morgan fingerprint density at radius 1 is 1.45 bits per heavy atom. The first kappa shape index (κ1) is 8.60. The Morgan fingerprint density at radius 3 is 2.82 bits per heavy atom. The van der Waals surface area contributed by atoms with Crippen LogP contribution in [0, 0.1) is 0 Å². The highest BCUT2D eigenvalue weighted by molar-refractivity contribution is 5.18. The van der Waals surface area contributed by atoms with Gasteiger partial charge in [0.15, 0.2) is 0 Å². The average Bonchev–Trinajstić information content (AvgIpc) is 2.37. The maximum absolute atomic E-state index is 3.45. The molecule has 0 aromatic carbocycles. The van der Waals surface area contributed by atoms with Crippen molar-refractivity contribution in [3.8, 4) is 0 Å². The molecule has 0 saturated carbocycles. The highest BCUT2D eigenvalue weighted by Crippen LogP contribution is 2.04. The zero-order valence-electron chi connectivity index (χ0n) is 7.54. The van der Waals surface area contributed by atoms with Gasteiger partial charge in [-0.25, -0.2) is 0 Å². The number of rotatable bonds is 4. The molecule has 0 bridgehead atoms. The van der Waals surface area contributed by atoms with Crippen LogP contribution in [0.15, 0.2) is 11.3 Å². The summed E-state index contributed by atoms with van der Waals surface area (Å²) in [4.78, 5) is 0. The van der Waals surface area contributed by atoms with Crippen molar-refractivity contribution in [2.75, 3.05) is 19.6 Å². The minimum absolute atomic E-state index is 1.04. The Morgan fingerprint density at radius 2 is 2.27 bits per heavy atom. The molecule has 1 heterocycles. The fraction of sp³-hybridized carbons (Fsp3) is 0.778. The molecule has 0 amide bonds. The van der Waals surface area contributed by atoms with E-state index in [9.17, 15) is 0 Å². The monoisotopic (exact) mass is 154 g/mol. The molecule has 0 aliphatic carbocycles. The summed E-state index contributed by atoms with van der Waals surface area (Å²) in [5, 5.41) is 6.76. The minimum Gasteiger partial charge on any atom is -0.387 e. The van der Waals surface area contributed by atoms with E-state index in [1.807, 2.05) is 0 Å². The first-order valence-electron chi connectivity index (χ1n) is 4.47. The lowest BCUT2D eigenvalue weighted by Crippen LogP contribution is -2.19. The molecule has 64 valence electrons. The zero-order chi connectivity index (χ0) is 8.10. The van der Waals surface area contributed by atoms with Crippen molar-refractivity contribution in [3.63, 3.8) is 0 Å². The van der Waals surface area contributed by atoms with Gasteiger partial charge in [0.1, 0.15) is 0 Å². The minimum atomic E-state index is 1.04. The van der Waals surface area contributed by atoms with Crippen LogP contribution >= 0.6 is 0 Å². The second-order valence-corrected chi connectivity index (χ2v) is 3.14. The molecule has 11 heavy (non-hydrogen) atoms. The van der Waals surface area contributed by atoms with Gasteiger partial charge in [0.2, 0.25) is 0 Å². The van der Waals surface area contributed by atoms with Gasteiger partial charge in [0.05, 0.1) is 0 Å². The molecule has 0 unspecified atom stereocenters. The molecule has 0 aromatic heterocycles. The van der Waals surface area contributed by atoms with Crippen LogP contribution in [-0.4, -0.2) is 19.6 Å². The molecule has 2 N–H and O–H groups in total. The fourth-order valence-corrected chi connectivity index (χ4v) is 1.26. The van der Waals surface area contributed by atoms with Crippen molar-refractivity contribution >= 4 is 0 Å². The van der Waals surface area contributed by atoms with Gasteiger partial charge in [-0.15, -0.1) is 0 Å². The Labute approximate surface area is 69.1 Å². The van der Waals surface area contributed by atoms with E-state index in [4.69, 9.17) is 0 Å². The van der Waals surface area contributed by atoms with Crippen LogP contribution in [0.2, 0.25) is 0 Å². The number of nitrogens with one attached hydrogen (secondary N) is 2. The van der Waals surface area contributed by atoms with Gasteiger partial charge in [0, 0.05) is 25.3 Å². The van der Waals surface area contributed by atoms with Crippen LogP contribution in [0.25, 0.3) is 0 Å². The molecule has 2 nitrogen and oxygen atoms in total. The predicted octanol–water partition coefficient (Wildman–Crippen LogP) is 1.25. The number of hydrogen-bond acceptors (Lipinski definition) is 2. The van der Waals surface area contributed by atoms with E-state index in [-0.39, 0.29) is 0 Å². The SMILES string of the molecule is CCCCNC1=C(C)CNC1. The van der Waals surface area contributed by atoms with E-state index in [2.05, 4.69) is 24.5 Å². The molecule has 1 rings (SSSR count). The summed E-state index contributed by atoms with van der Waals surface area (Å²) >= 11 is 0. The standard InChI is InChI=1S/C9H18N2/c1-3-4-5-11-9-7-10-6-8(9)2/h10-11H,3-7H2,1-2H3. The molecule has 0 atom stereocenters. The van der Waals surface area contributed by atoms with Crippen LogP contribution in [0.1, 0.15) is 26.7 Å². The molecule has 1 aliphatic heterocycles. The summed E-state index contributed by atoms with van der Waals surface area (Å²) in [5.74, 6) is 0. The van der Waals surface area contributed by atoms with Gasteiger partial charge >= 0.3 is 0 Å². The lowest BCUT2D eigenvalue weighted by Gasteiger charge is -2.06. The maximum atomic E-state index is 3.45. The van der Waals surface area contributed by atoms with Gasteiger partial charge in [-0.3, -0.25) is 0 Å². The summed E-state index contributed by atoms with van der Waals surface area (Å²) in [5.41, 5.74) is 2.89. The molecule has 0 radical (unpaired) electrons. The van der Waals surface area contributed by atoms with Crippen molar-refractivity contribution in [3.05, 3.63) is 11.3 Å². The van der Waals surface area contributed by atoms with Gasteiger partial charge in [0.25, 0.3) is 0 Å². The van der Waals surface area contributed by atoms with Gasteiger partial charge in [-0.1, -0.05) is 13.3 Å². The van der Waals surface area contributed by atoms with Crippen molar-refractivity contribution < 1.29 is 0 Å². The fourth-order valence-electron chi connectivity index (χ4n) is 1.26. The summed E-state index contributed by atoms with van der Waals surface area (Å²) in [6, 6.07) is 0. The second kappa shape index (κ2) is 4.39. The lowest BCUT2D eigenvalue weighted by molar-refractivity contribution is 0.694. The Balaban J connectivity index is 2.20. The topological polar surface area (TPSA) is 24.1 Å². The third-order valence-corrected chi connectivity index (χ3v) is 2.08. The third-order valence-electron chi connectivity index (χ3n) is 2.08. The molecule has 0 spiro atoms. The molecule has 0 saturated heterocycles. The van der Waals surface area contributed by atoms with Gasteiger partial charge in [-0.2, -0.15) is 0 Å². The largest absolute Gasteiger partial charge is 0.387 e. The highest BCUT2D eigenvalue weighted by Gasteiger charge is 2.07. The van der Waals surface area contributed by atoms with E-state index in [1.165, 1.54) is 24.1 Å². The van der Waals surface area contributed by atoms with Crippen molar-refractivity contribution in [1.82, 2.24) is 10.6 Å². The molecule has 0 aromatic rings. The smallest absolute Gasteiger partial charge is 0.0356 e. The molecule has 1 aliphatic rings. The van der Waals surface area contributed by atoms with Gasteiger partial charge in [-0.05, 0) is 18.9 Å². The summed E-state index contributed by atoms with van der Waals surface area (Å²) in [6.07, 6.45) is 2.55. The van der Waals surface area contributed by atoms with Gasteiger partial charge < -0.3 is 10.6 Å². The third kappa shape index (κ3) is 2.54. The number of hydrogen-bond donors (Lipinski definition) is 2. The second-order valence-electron chi connectivity index (χ2n) is 3.14. The van der Waals surface area contributed by atoms with Crippen LogP contribution in [-0.2, 0) is 0 Å². The van der Waals surface area contributed by atoms with E-state index >= 15 is 0 Å². The lowest BCUT2D eigenvalue weighted by atomic mass is 10.2. The summed E-state index contributed by atoms with van der Waals surface area (Å²) in [6.45, 7) is 7.64. The Bertz CT molecular complexity index is 150. The van der Waals surface area contributed by atoms with Crippen molar-refractivity contribution in [2.45, 2.75) is 26.7 Å².